The summed E-state index contributed by atoms with van der Waals surface area (Å²) in [6.45, 7) is 16.9. The molecule has 0 amide bonds. The van der Waals surface area contributed by atoms with Crippen molar-refractivity contribution < 1.29 is 88.0 Å². The molecule has 2 heterocycles. The van der Waals surface area contributed by atoms with Crippen molar-refractivity contribution in [2.75, 3.05) is 14.2 Å². The molecular formula is C52H67F2N2NaO10. The summed E-state index contributed by atoms with van der Waals surface area (Å²) in [6.07, 6.45) is 0.805. The number of carboxylic acids is 2. The number of nitrogens with zero attached hydrogens (tertiary/aromatic N) is 2. The van der Waals surface area contributed by atoms with Gasteiger partial charge < -0.3 is 44.9 Å². The number of rotatable bonds is 22. The van der Waals surface area contributed by atoms with Gasteiger partial charge in [0.25, 0.3) is 0 Å². The molecule has 0 aliphatic rings. The average Bonchev–Trinajstić information content (AvgIpc) is 3.22. The van der Waals surface area contributed by atoms with E-state index in [1.54, 1.807) is 50.6 Å². The topological polar surface area (TPSA) is 203 Å². The maximum absolute atomic E-state index is 13.7. The number of hydrogen-bond donors (Lipinski definition) is 5. The van der Waals surface area contributed by atoms with E-state index >= 15 is 0 Å². The summed E-state index contributed by atoms with van der Waals surface area (Å²) in [7, 11) is 3.21. The molecule has 15 heteroatoms. The molecule has 67 heavy (non-hydrogen) atoms. The molecule has 0 radical (unpaired) electrons. The molecule has 0 bridgehead atoms. The predicted molar refractivity (Wildman–Crippen MR) is 250 cm³/mol. The third-order valence-corrected chi connectivity index (χ3v) is 10.6. The normalized spacial score (nSPS) is 13.6. The van der Waals surface area contributed by atoms with Gasteiger partial charge in [-0.3, -0.25) is 14.8 Å². The molecule has 0 spiro atoms. The minimum absolute atomic E-state index is 0. The smallest absolute Gasteiger partial charge is 0.550 e. The first-order chi connectivity index (χ1) is 31.1. The summed E-state index contributed by atoms with van der Waals surface area (Å²) >= 11 is 0. The zero-order chi connectivity index (χ0) is 49.4. The van der Waals surface area contributed by atoms with Crippen molar-refractivity contribution in [2.45, 2.75) is 142 Å². The Morgan fingerprint density at radius 2 is 0.925 bits per heavy atom. The monoisotopic (exact) mass is 940 g/mol. The van der Waals surface area contributed by atoms with Crippen molar-refractivity contribution in [1.82, 2.24) is 9.97 Å². The van der Waals surface area contributed by atoms with Gasteiger partial charge in [0.05, 0.1) is 55.4 Å². The minimum Gasteiger partial charge on any atom is -0.550 e. The van der Waals surface area contributed by atoms with E-state index < -0.39 is 49.2 Å². The van der Waals surface area contributed by atoms with Crippen LogP contribution < -0.4 is 34.7 Å². The van der Waals surface area contributed by atoms with Crippen LogP contribution in [-0.2, 0) is 32.3 Å². The molecule has 0 saturated carbocycles. The molecule has 2 aromatic heterocycles. The van der Waals surface area contributed by atoms with E-state index in [-0.39, 0.29) is 77.7 Å². The van der Waals surface area contributed by atoms with Gasteiger partial charge in [0.15, 0.2) is 0 Å². The van der Waals surface area contributed by atoms with Gasteiger partial charge in [-0.05, 0) is 70.2 Å². The summed E-state index contributed by atoms with van der Waals surface area (Å²) in [5, 5.41) is 60.0. The molecule has 12 nitrogen and oxygen atoms in total. The number of methoxy groups -OCH3 is 2. The van der Waals surface area contributed by atoms with Crippen LogP contribution in [0.4, 0.5) is 8.78 Å². The van der Waals surface area contributed by atoms with Crippen molar-refractivity contribution in [2.24, 2.45) is 0 Å². The summed E-state index contributed by atoms with van der Waals surface area (Å²) in [4.78, 5) is 31.4. The molecule has 4 atom stereocenters. The molecule has 360 valence electrons. The van der Waals surface area contributed by atoms with Crippen LogP contribution in [0.5, 0.6) is 0 Å². The maximum atomic E-state index is 13.7. The van der Waals surface area contributed by atoms with Crippen LogP contribution in [0, 0.1) is 11.6 Å². The number of carbonyl (C=O) groups is 2. The zero-order valence-corrected chi connectivity index (χ0v) is 42.7. The Bertz CT molecular complexity index is 2110. The quantitative estimate of drug-likeness (QED) is 0.0627. The largest absolute Gasteiger partial charge is 1.00 e. The number of halogens is 2. The molecular weight excluding hydrogens is 874 g/mol. The van der Waals surface area contributed by atoms with Crippen molar-refractivity contribution in [3.8, 4) is 22.3 Å². The summed E-state index contributed by atoms with van der Waals surface area (Å²) in [6, 6.07) is 12.4. The number of carboxylic acid groups (broad SMARTS) is 2. The van der Waals surface area contributed by atoms with Crippen LogP contribution in [0.2, 0.25) is 0 Å². The van der Waals surface area contributed by atoms with Crippen LogP contribution in [0.25, 0.3) is 34.4 Å². The Labute approximate surface area is 416 Å². The molecule has 4 aromatic rings. The number of benzene rings is 2. The molecule has 0 aliphatic heterocycles. The molecule has 0 unspecified atom stereocenters. The number of aliphatic carboxylic acids is 2. The first-order valence-electron chi connectivity index (χ1n) is 22.2. The van der Waals surface area contributed by atoms with E-state index in [0.29, 0.717) is 13.2 Å². The van der Waals surface area contributed by atoms with Gasteiger partial charge in [0.2, 0.25) is 0 Å². The Kier molecular flexibility index (Phi) is 24.9. The second kappa shape index (κ2) is 28.3. The third kappa shape index (κ3) is 17.7. The van der Waals surface area contributed by atoms with E-state index in [0.717, 1.165) is 67.3 Å². The fourth-order valence-electron chi connectivity index (χ4n) is 7.69. The second-order valence-corrected chi connectivity index (χ2v) is 17.6. The van der Waals surface area contributed by atoms with Crippen molar-refractivity contribution in [3.63, 3.8) is 0 Å². The number of hydrogen-bond acceptors (Lipinski definition) is 11. The number of pyridine rings is 2. The van der Waals surface area contributed by atoms with Crippen LogP contribution >= 0.6 is 0 Å². The van der Waals surface area contributed by atoms with Crippen LogP contribution in [-0.4, -0.2) is 86.1 Å². The minimum atomic E-state index is -1.38. The molecule has 0 fully saturated rings. The second-order valence-electron chi connectivity index (χ2n) is 17.6. The Morgan fingerprint density at radius 3 is 1.21 bits per heavy atom. The maximum Gasteiger partial charge on any atom is 1.00 e. The molecule has 0 saturated heterocycles. The van der Waals surface area contributed by atoms with E-state index in [1.165, 1.54) is 36.4 Å². The third-order valence-electron chi connectivity index (χ3n) is 10.6. The fraction of sp³-hybridized carbons (Fsp3) is 0.462. The molecule has 2 aromatic carbocycles. The number of ether oxygens (including phenoxy) is 2. The first kappa shape index (κ1) is 58.9. The first-order valence-corrected chi connectivity index (χ1v) is 22.2. The van der Waals surface area contributed by atoms with Crippen LogP contribution in [0.1, 0.15) is 150 Å². The van der Waals surface area contributed by atoms with E-state index in [9.17, 15) is 43.9 Å². The summed E-state index contributed by atoms with van der Waals surface area (Å²) < 4.78 is 38.4. The van der Waals surface area contributed by atoms with E-state index in [2.05, 4.69) is 27.7 Å². The molecule has 4 rings (SSSR count). The van der Waals surface area contributed by atoms with Gasteiger partial charge in [0, 0.05) is 73.1 Å². The average molecular weight is 941 g/mol. The zero-order valence-electron chi connectivity index (χ0n) is 40.7. The molecule has 0 aliphatic carbocycles. The Balaban J connectivity index is 0.000000453. The summed E-state index contributed by atoms with van der Waals surface area (Å²) in [5.41, 5.74) is 10.0. The van der Waals surface area contributed by atoms with Gasteiger partial charge in [-0.25, -0.2) is 8.78 Å². The Hall–Kier alpha value is -4.22. The predicted octanol–water partition coefficient (Wildman–Crippen LogP) is 5.43. The van der Waals surface area contributed by atoms with Gasteiger partial charge in [-0.15, -0.1) is 0 Å². The number of aliphatic hydroxyl groups is 4. The number of aromatic nitrogens is 2. The van der Waals surface area contributed by atoms with Crippen molar-refractivity contribution in [3.05, 3.63) is 117 Å². The fourth-order valence-corrected chi connectivity index (χ4v) is 7.69. The van der Waals surface area contributed by atoms with Crippen LogP contribution in [0.3, 0.4) is 0 Å². The van der Waals surface area contributed by atoms with Gasteiger partial charge in [-0.2, -0.15) is 0 Å². The summed E-state index contributed by atoms with van der Waals surface area (Å²) in [5.74, 6) is -2.82. The van der Waals surface area contributed by atoms with E-state index in [1.807, 2.05) is 27.7 Å². The Morgan fingerprint density at radius 1 is 0.597 bits per heavy atom. The van der Waals surface area contributed by atoms with Crippen LogP contribution in [0.15, 0.2) is 60.7 Å². The molecule has 5 N–H and O–H groups in total. The van der Waals surface area contributed by atoms with Gasteiger partial charge >= 0.3 is 35.5 Å². The standard InChI is InChI=1S/2C26H34FNO5.Na/c2*1-15(2)25-21(11-10-19(29)12-20(30)13-23(31)32)24(17-6-8-18(27)9-7-17)22(14-33-5)26(28-25)16(3)4;/h2*6-11,15-16,19-20,29-30H,12-14H2,1-5H3,(H,31,32);/q;;+1/p-1/b2*11-10+;/t2*19-,20-;/m11./s1. The van der Waals surface area contributed by atoms with E-state index in [4.69, 9.17) is 24.5 Å². The van der Waals surface area contributed by atoms with Gasteiger partial charge in [0.1, 0.15) is 11.6 Å². The SMILES string of the molecule is COCc1c(C(C)C)nc(C(C)C)c(/C=C/[C@@H](O)C[C@@H](O)CC(=O)O)c1-c1ccc(F)cc1.COCc1c(C(C)C)nc(C(C)C)c(/C=C/[C@@H](O)C[C@@H](O)CC(=O)[O-])c1-c1ccc(F)cc1.[Na+]. The van der Waals surface area contributed by atoms with Crippen molar-refractivity contribution >= 4 is 24.1 Å². The number of aliphatic hydroxyl groups excluding tert-OH is 4. The van der Waals surface area contributed by atoms with Gasteiger partial charge in [-0.1, -0.05) is 104 Å². The van der Waals surface area contributed by atoms with Crippen molar-refractivity contribution in [1.29, 1.82) is 0 Å². The number of carbonyl (C=O) groups excluding carboxylic acids is 1.